The van der Waals surface area contributed by atoms with Gasteiger partial charge in [0, 0.05) is 0 Å². The summed E-state index contributed by atoms with van der Waals surface area (Å²) >= 11 is 0. The number of carbonyl (C=O) groups is 1. The van der Waals surface area contributed by atoms with Crippen LogP contribution in [0.3, 0.4) is 0 Å². The van der Waals surface area contributed by atoms with E-state index in [1.54, 1.807) is 12.1 Å². The Labute approximate surface area is 173 Å². The molecule has 0 radical (unpaired) electrons. The molecule has 0 fully saturated rings. The van der Waals surface area contributed by atoms with Crippen molar-refractivity contribution in [2.75, 3.05) is 14.2 Å². The smallest absolute Gasteiger partial charge is 0.205 e. The van der Waals surface area contributed by atoms with Gasteiger partial charge in [-0.15, -0.1) is 0 Å². The van der Waals surface area contributed by atoms with Gasteiger partial charge in [-0.3, -0.25) is 4.79 Å². The highest BCUT2D eigenvalue weighted by Gasteiger charge is 2.26. The maximum absolute atomic E-state index is 12.9. The molecule has 5 heteroatoms. The van der Waals surface area contributed by atoms with E-state index < -0.39 is 5.78 Å². The predicted octanol–water partition coefficient (Wildman–Crippen LogP) is 5.72. The van der Waals surface area contributed by atoms with E-state index in [4.69, 9.17) is 13.9 Å². The minimum atomic E-state index is -0.405. The van der Waals surface area contributed by atoms with Crippen molar-refractivity contribution in [3.05, 3.63) is 84.1 Å². The van der Waals surface area contributed by atoms with Gasteiger partial charge in [0.15, 0.2) is 17.1 Å². The Morgan fingerprint density at radius 2 is 1.57 bits per heavy atom. The largest absolute Gasteiger partial charge is 0.504 e. The molecule has 0 aliphatic heterocycles. The number of furan rings is 1. The number of fused-ring (bicyclic) bond motifs is 1. The topological polar surface area (TPSA) is 68.9 Å². The molecule has 1 N–H and O–H groups in total. The fourth-order valence-electron chi connectivity index (χ4n) is 3.43. The fourth-order valence-corrected chi connectivity index (χ4v) is 3.43. The van der Waals surface area contributed by atoms with Gasteiger partial charge in [0.2, 0.25) is 5.75 Å². The first kappa shape index (κ1) is 19.3. The molecule has 0 aliphatic carbocycles. The molecule has 1 aromatic heterocycles. The molecule has 0 unspecified atom stereocenters. The molecule has 0 spiro atoms. The molecule has 1 heterocycles. The van der Waals surface area contributed by atoms with Crippen LogP contribution in [0, 0.1) is 0 Å². The predicted molar refractivity (Wildman–Crippen MR) is 116 cm³/mol. The lowest BCUT2D eigenvalue weighted by Crippen LogP contribution is -2.02. The second-order valence-corrected chi connectivity index (χ2v) is 6.64. The quantitative estimate of drug-likeness (QED) is 0.331. The van der Waals surface area contributed by atoms with Crippen LogP contribution in [0.1, 0.15) is 15.9 Å². The molecule has 3 aromatic carbocycles. The molecular formula is C25H20O5. The normalized spacial score (nSPS) is 11.1. The first-order chi connectivity index (χ1) is 14.6. The van der Waals surface area contributed by atoms with Crippen molar-refractivity contribution in [1.82, 2.24) is 0 Å². The third-order valence-corrected chi connectivity index (χ3v) is 4.89. The lowest BCUT2D eigenvalue weighted by molar-refractivity contribution is 0.104. The molecule has 0 amide bonds. The van der Waals surface area contributed by atoms with Gasteiger partial charge < -0.3 is 19.0 Å². The van der Waals surface area contributed by atoms with Gasteiger partial charge in [-0.1, -0.05) is 60.7 Å². The zero-order valence-electron chi connectivity index (χ0n) is 16.6. The average molecular weight is 400 g/mol. The summed E-state index contributed by atoms with van der Waals surface area (Å²) < 4.78 is 16.0. The first-order valence-corrected chi connectivity index (χ1v) is 9.36. The molecule has 0 saturated heterocycles. The van der Waals surface area contributed by atoms with E-state index in [0.717, 1.165) is 16.7 Å². The number of ketones is 1. The third-order valence-electron chi connectivity index (χ3n) is 4.89. The van der Waals surface area contributed by atoms with Crippen molar-refractivity contribution < 1.29 is 23.8 Å². The van der Waals surface area contributed by atoms with E-state index in [-0.39, 0.29) is 22.8 Å². The minimum Gasteiger partial charge on any atom is -0.504 e. The Hall–Kier alpha value is -3.99. The Morgan fingerprint density at radius 3 is 2.23 bits per heavy atom. The van der Waals surface area contributed by atoms with Crippen LogP contribution < -0.4 is 9.47 Å². The Balaban J connectivity index is 1.66. The van der Waals surface area contributed by atoms with Crippen molar-refractivity contribution in [3.63, 3.8) is 0 Å². The van der Waals surface area contributed by atoms with Crippen LogP contribution in [0.5, 0.6) is 17.2 Å². The molecule has 0 bridgehead atoms. The van der Waals surface area contributed by atoms with E-state index >= 15 is 0 Å². The van der Waals surface area contributed by atoms with Crippen molar-refractivity contribution in [3.8, 4) is 28.4 Å². The van der Waals surface area contributed by atoms with Gasteiger partial charge in [-0.2, -0.15) is 0 Å². The van der Waals surface area contributed by atoms with Gasteiger partial charge in [-0.25, -0.2) is 0 Å². The SMILES string of the molecule is COc1c(C(=O)C=Cc2ccc(-c3ccccc3)cc2)c(O)c(OC)c2occc12. The summed E-state index contributed by atoms with van der Waals surface area (Å²) in [4.78, 5) is 12.9. The number of benzene rings is 3. The molecule has 0 aliphatic rings. The van der Waals surface area contributed by atoms with Crippen LogP contribution in [-0.2, 0) is 0 Å². The summed E-state index contributed by atoms with van der Waals surface area (Å²) in [6.45, 7) is 0. The monoisotopic (exact) mass is 400 g/mol. The van der Waals surface area contributed by atoms with Crippen molar-refractivity contribution in [1.29, 1.82) is 0 Å². The van der Waals surface area contributed by atoms with Crippen molar-refractivity contribution in [2.45, 2.75) is 0 Å². The summed E-state index contributed by atoms with van der Waals surface area (Å²) in [7, 11) is 2.85. The molecular weight excluding hydrogens is 380 g/mol. The Kier molecular flexibility index (Phi) is 5.26. The van der Waals surface area contributed by atoms with Crippen LogP contribution in [0.25, 0.3) is 28.2 Å². The van der Waals surface area contributed by atoms with Crippen LogP contribution in [-0.4, -0.2) is 25.1 Å². The van der Waals surface area contributed by atoms with E-state index in [9.17, 15) is 9.90 Å². The molecule has 4 rings (SSSR count). The van der Waals surface area contributed by atoms with Gasteiger partial charge in [-0.05, 0) is 28.8 Å². The van der Waals surface area contributed by atoms with E-state index in [1.165, 1.54) is 26.6 Å². The van der Waals surface area contributed by atoms with Crippen molar-refractivity contribution >= 4 is 22.8 Å². The number of allylic oxidation sites excluding steroid dienone is 1. The second kappa shape index (κ2) is 8.17. The maximum atomic E-state index is 12.9. The van der Waals surface area contributed by atoms with Gasteiger partial charge >= 0.3 is 0 Å². The number of phenols is 1. The number of carbonyl (C=O) groups excluding carboxylic acids is 1. The summed E-state index contributed by atoms with van der Waals surface area (Å²) in [6.07, 6.45) is 4.55. The number of hydrogen-bond donors (Lipinski definition) is 1. The summed E-state index contributed by atoms with van der Waals surface area (Å²) in [6, 6.07) is 19.6. The molecule has 150 valence electrons. The molecule has 5 nitrogen and oxygen atoms in total. The van der Waals surface area contributed by atoms with Gasteiger partial charge in [0.25, 0.3) is 0 Å². The van der Waals surface area contributed by atoms with E-state index in [1.807, 2.05) is 54.6 Å². The average Bonchev–Trinajstić information content (AvgIpc) is 3.27. The number of rotatable bonds is 6. The van der Waals surface area contributed by atoms with Crippen molar-refractivity contribution in [2.24, 2.45) is 0 Å². The highest BCUT2D eigenvalue weighted by Crippen LogP contribution is 2.45. The first-order valence-electron chi connectivity index (χ1n) is 9.36. The van der Waals surface area contributed by atoms with E-state index in [2.05, 4.69) is 0 Å². The van der Waals surface area contributed by atoms with Crippen LogP contribution in [0.4, 0.5) is 0 Å². The third kappa shape index (κ3) is 3.42. The lowest BCUT2D eigenvalue weighted by Gasteiger charge is -2.13. The highest BCUT2D eigenvalue weighted by atomic mass is 16.5. The Bertz CT molecular complexity index is 1220. The summed E-state index contributed by atoms with van der Waals surface area (Å²) in [5.41, 5.74) is 3.43. The van der Waals surface area contributed by atoms with Gasteiger partial charge in [0.05, 0.1) is 25.9 Å². The van der Waals surface area contributed by atoms with Crippen LogP contribution in [0.2, 0.25) is 0 Å². The summed E-state index contributed by atoms with van der Waals surface area (Å²) in [5.74, 6) is -0.380. The molecule has 0 saturated carbocycles. The number of ether oxygens (including phenoxy) is 2. The Morgan fingerprint density at radius 1 is 0.900 bits per heavy atom. The maximum Gasteiger partial charge on any atom is 0.205 e. The van der Waals surface area contributed by atoms with Crippen LogP contribution in [0.15, 0.2) is 77.4 Å². The summed E-state index contributed by atoms with van der Waals surface area (Å²) in [5, 5.41) is 11.2. The number of hydrogen-bond acceptors (Lipinski definition) is 5. The number of phenolic OH excluding ortho intramolecular Hbond substituents is 1. The molecule has 0 atom stereocenters. The number of aromatic hydroxyl groups is 1. The number of methoxy groups -OCH3 is 2. The zero-order chi connectivity index (χ0) is 21.1. The minimum absolute atomic E-state index is 0.0282. The lowest BCUT2D eigenvalue weighted by atomic mass is 10.0. The standard InChI is InChI=1S/C25H20O5/c1-28-23-19-14-15-30-24(19)25(29-2)22(27)21(23)20(26)13-10-16-8-11-18(12-9-16)17-6-4-3-5-7-17/h3-15,27H,1-2H3. The zero-order valence-corrected chi connectivity index (χ0v) is 16.6. The van der Waals surface area contributed by atoms with Crippen LogP contribution >= 0.6 is 0 Å². The fraction of sp³-hybridized carbons (Fsp3) is 0.0800. The molecule has 30 heavy (non-hydrogen) atoms. The van der Waals surface area contributed by atoms with E-state index in [0.29, 0.717) is 11.0 Å². The second-order valence-electron chi connectivity index (χ2n) is 6.64. The highest BCUT2D eigenvalue weighted by molar-refractivity contribution is 6.15. The van der Waals surface area contributed by atoms with Gasteiger partial charge in [0.1, 0.15) is 11.3 Å². The molecule has 4 aromatic rings.